The second kappa shape index (κ2) is 16.7. The first-order valence-corrected chi connectivity index (χ1v) is 21.6. The average molecular weight is 817 g/mol. The number of rotatable bonds is 13. The van der Waals surface area contributed by atoms with Gasteiger partial charge in [0.1, 0.15) is 11.8 Å². The van der Waals surface area contributed by atoms with Crippen molar-refractivity contribution in [3.05, 3.63) is 108 Å². The number of hydrogen-bond donors (Lipinski definition) is 2. The molecule has 59 heavy (non-hydrogen) atoms. The number of hydrogen-bond acceptors (Lipinski definition) is 11. The molecule has 3 amide bonds. The van der Waals surface area contributed by atoms with Gasteiger partial charge in [0.25, 0.3) is 5.56 Å². The molecule has 2 fully saturated rings. The number of anilines is 3. The number of imide groups is 1. The lowest BCUT2D eigenvalue weighted by atomic mass is 10.0. The number of amides is 3. The standard InChI is InChI=1S/C43H44N8O7S/c1-59(56,57)34-16-9-29(10-17-34)36-6-5-7-38-45-43(47-51(36)38)44-31-11-13-32(14-12-31)48-23-25-49(26-24-48)40(53)8-3-2-4-27-58-33-15-18-35-30(28-33)21-22-50(42(35)55)37-19-20-39(52)46-41(37)54/h5-7,9-18,21-22,28,37H,2-4,8,19-20,23-27H2,1H3,(H,44,47)(H,46,52,54). The number of ether oxygens (including phenoxy) is 1. The van der Waals surface area contributed by atoms with E-state index in [0.717, 1.165) is 55.0 Å². The Bertz CT molecular complexity index is 2710. The number of piperidine rings is 1. The third kappa shape index (κ3) is 8.82. The van der Waals surface area contributed by atoms with Gasteiger partial charge in [0.05, 0.1) is 17.2 Å². The van der Waals surface area contributed by atoms with Crippen molar-refractivity contribution in [2.24, 2.45) is 0 Å². The van der Waals surface area contributed by atoms with E-state index in [9.17, 15) is 27.6 Å². The second-order valence-corrected chi connectivity index (χ2v) is 16.9. The van der Waals surface area contributed by atoms with Crippen molar-refractivity contribution in [1.29, 1.82) is 0 Å². The summed E-state index contributed by atoms with van der Waals surface area (Å²) in [6.07, 6.45) is 6.17. The van der Waals surface area contributed by atoms with E-state index in [1.54, 1.807) is 53.2 Å². The first-order valence-electron chi connectivity index (χ1n) is 19.7. The zero-order valence-corrected chi connectivity index (χ0v) is 33.4. The molecule has 3 aromatic heterocycles. The Morgan fingerprint density at radius 2 is 1.68 bits per heavy atom. The molecule has 304 valence electrons. The zero-order valence-electron chi connectivity index (χ0n) is 32.5. The largest absolute Gasteiger partial charge is 0.494 e. The molecule has 15 nitrogen and oxygen atoms in total. The monoisotopic (exact) mass is 816 g/mol. The van der Waals surface area contributed by atoms with Crippen molar-refractivity contribution in [1.82, 2.24) is 29.4 Å². The Kier molecular flexibility index (Phi) is 11.1. The molecule has 0 saturated carbocycles. The fourth-order valence-corrected chi connectivity index (χ4v) is 8.21. The van der Waals surface area contributed by atoms with Gasteiger partial charge in [-0.1, -0.05) is 18.2 Å². The molecule has 1 atom stereocenters. The topological polar surface area (TPSA) is 177 Å². The van der Waals surface area contributed by atoms with Crippen LogP contribution in [0.5, 0.6) is 5.75 Å². The molecule has 0 bridgehead atoms. The van der Waals surface area contributed by atoms with Crippen LogP contribution in [0.15, 0.2) is 107 Å². The van der Waals surface area contributed by atoms with E-state index in [-0.39, 0.29) is 28.7 Å². The fraction of sp³-hybridized carbons (Fsp3) is 0.302. The van der Waals surface area contributed by atoms with Crippen LogP contribution in [-0.2, 0) is 24.2 Å². The number of carbonyl (C=O) groups is 3. The van der Waals surface area contributed by atoms with Gasteiger partial charge in [-0.3, -0.25) is 24.5 Å². The molecule has 8 rings (SSSR count). The zero-order chi connectivity index (χ0) is 41.1. The molecule has 2 aliphatic rings. The highest BCUT2D eigenvalue weighted by atomic mass is 32.2. The van der Waals surface area contributed by atoms with Gasteiger partial charge in [-0.15, -0.1) is 5.10 Å². The Morgan fingerprint density at radius 1 is 0.898 bits per heavy atom. The van der Waals surface area contributed by atoms with Crippen LogP contribution in [0.3, 0.4) is 0 Å². The number of piperazine rings is 1. The maximum Gasteiger partial charge on any atom is 0.259 e. The maximum absolute atomic E-state index is 13.1. The molecular weight excluding hydrogens is 773 g/mol. The summed E-state index contributed by atoms with van der Waals surface area (Å²) in [6.45, 7) is 3.29. The first kappa shape index (κ1) is 39.3. The highest BCUT2D eigenvalue weighted by Gasteiger charge is 2.29. The summed E-state index contributed by atoms with van der Waals surface area (Å²) in [6, 6.07) is 26.8. The fourth-order valence-electron chi connectivity index (χ4n) is 7.58. The molecule has 3 aromatic carbocycles. The predicted octanol–water partition coefficient (Wildman–Crippen LogP) is 5.12. The van der Waals surface area contributed by atoms with Crippen LogP contribution in [0.25, 0.3) is 27.7 Å². The second-order valence-electron chi connectivity index (χ2n) is 14.9. The smallest absolute Gasteiger partial charge is 0.259 e. The summed E-state index contributed by atoms with van der Waals surface area (Å²) in [7, 11) is -3.29. The number of benzene rings is 3. The highest BCUT2D eigenvalue weighted by molar-refractivity contribution is 7.90. The van der Waals surface area contributed by atoms with Crippen molar-refractivity contribution in [3.8, 4) is 17.0 Å². The minimum Gasteiger partial charge on any atom is -0.494 e. The van der Waals surface area contributed by atoms with Crippen LogP contribution in [-0.4, -0.2) is 89.2 Å². The number of pyridine rings is 2. The van der Waals surface area contributed by atoms with E-state index < -0.39 is 21.8 Å². The normalized spacial score (nSPS) is 16.1. The minimum atomic E-state index is -3.29. The van der Waals surface area contributed by atoms with Crippen LogP contribution < -0.4 is 25.8 Å². The van der Waals surface area contributed by atoms with Crippen LogP contribution in [0, 0.1) is 0 Å². The van der Waals surface area contributed by atoms with Gasteiger partial charge in [0, 0.05) is 73.8 Å². The van der Waals surface area contributed by atoms with Crippen molar-refractivity contribution in [3.63, 3.8) is 0 Å². The lowest BCUT2D eigenvalue weighted by molar-refractivity contribution is -0.136. The SMILES string of the molecule is CS(=O)(=O)c1ccc(-c2cccc3nc(Nc4ccc(N5CCN(C(=O)CCCCCOc6ccc7c(=O)n(C8CCC(=O)NC8=O)ccc7c6)CC5)cc4)nn23)cc1. The molecule has 1 unspecified atom stereocenters. The predicted molar refractivity (Wildman–Crippen MR) is 224 cm³/mol. The van der Waals surface area contributed by atoms with Gasteiger partial charge in [-0.25, -0.2) is 12.9 Å². The molecule has 2 saturated heterocycles. The van der Waals surface area contributed by atoms with Gasteiger partial charge in [-0.2, -0.15) is 4.98 Å². The highest BCUT2D eigenvalue weighted by Crippen LogP contribution is 2.26. The average Bonchev–Trinajstić information content (AvgIpc) is 3.65. The maximum atomic E-state index is 13.1. The molecule has 2 N–H and O–H groups in total. The number of aromatic nitrogens is 4. The Morgan fingerprint density at radius 3 is 2.42 bits per heavy atom. The van der Waals surface area contributed by atoms with Gasteiger partial charge < -0.3 is 24.4 Å². The van der Waals surface area contributed by atoms with Crippen LogP contribution in [0.1, 0.15) is 44.6 Å². The summed E-state index contributed by atoms with van der Waals surface area (Å²) in [4.78, 5) is 59.0. The van der Waals surface area contributed by atoms with E-state index in [2.05, 4.69) is 25.6 Å². The first-order chi connectivity index (χ1) is 28.5. The summed E-state index contributed by atoms with van der Waals surface area (Å²) in [5.41, 5.74) is 3.88. The number of nitrogens with one attached hydrogen (secondary N) is 2. The Labute approximate surface area is 340 Å². The third-order valence-corrected chi connectivity index (χ3v) is 11.9. The van der Waals surface area contributed by atoms with Crippen molar-refractivity contribution in [2.45, 2.75) is 49.5 Å². The molecule has 2 aliphatic heterocycles. The summed E-state index contributed by atoms with van der Waals surface area (Å²) in [5, 5.41) is 11.4. The van der Waals surface area contributed by atoms with E-state index in [1.165, 1.54) is 10.8 Å². The quantitative estimate of drug-likeness (QED) is 0.117. The molecular formula is C43H44N8O7S. The van der Waals surface area contributed by atoms with Gasteiger partial charge >= 0.3 is 0 Å². The molecule has 0 aliphatic carbocycles. The lowest BCUT2D eigenvalue weighted by Gasteiger charge is -2.36. The molecule has 6 aromatic rings. The van der Waals surface area contributed by atoms with Gasteiger partial charge in [0.2, 0.25) is 23.7 Å². The Hall–Kier alpha value is -6.55. The van der Waals surface area contributed by atoms with E-state index >= 15 is 0 Å². The molecule has 0 radical (unpaired) electrons. The van der Waals surface area contributed by atoms with Crippen molar-refractivity contribution in [2.75, 3.05) is 49.3 Å². The van der Waals surface area contributed by atoms with E-state index in [1.807, 2.05) is 53.4 Å². The number of fused-ring (bicyclic) bond motifs is 2. The van der Waals surface area contributed by atoms with E-state index in [0.29, 0.717) is 60.7 Å². The molecule has 5 heterocycles. The summed E-state index contributed by atoms with van der Waals surface area (Å²) >= 11 is 0. The summed E-state index contributed by atoms with van der Waals surface area (Å²) in [5.74, 6) is 0.461. The number of unbranched alkanes of at least 4 members (excludes halogenated alkanes) is 2. The third-order valence-electron chi connectivity index (χ3n) is 10.8. The molecule has 16 heteroatoms. The van der Waals surface area contributed by atoms with Gasteiger partial charge in [-0.05, 0) is 104 Å². The number of sulfone groups is 1. The number of carbonyl (C=O) groups excluding carboxylic acids is 3. The van der Waals surface area contributed by atoms with Crippen molar-refractivity contribution < 1.29 is 27.5 Å². The van der Waals surface area contributed by atoms with Gasteiger partial charge in [0.15, 0.2) is 15.5 Å². The van der Waals surface area contributed by atoms with E-state index in [4.69, 9.17) is 4.74 Å². The number of nitrogens with zero attached hydrogens (tertiary/aromatic N) is 6. The minimum absolute atomic E-state index is 0.164. The molecule has 0 spiro atoms. The Balaban J connectivity index is 0.760. The summed E-state index contributed by atoms with van der Waals surface area (Å²) < 4.78 is 32.9. The van der Waals surface area contributed by atoms with Crippen LogP contribution in [0.2, 0.25) is 0 Å². The lowest BCUT2D eigenvalue weighted by Crippen LogP contribution is -2.48. The van der Waals surface area contributed by atoms with Crippen molar-refractivity contribution >= 4 is 61.3 Å². The van der Waals surface area contributed by atoms with Crippen LogP contribution in [0.4, 0.5) is 17.3 Å². The van der Waals surface area contributed by atoms with Crippen LogP contribution >= 0.6 is 0 Å².